The summed E-state index contributed by atoms with van der Waals surface area (Å²) in [5.74, 6) is 2.69. The number of nitrogens with one attached hydrogen (secondary N) is 1. The maximum Gasteiger partial charge on any atom is 0.194 e. The molecule has 0 aliphatic rings. The van der Waals surface area contributed by atoms with Gasteiger partial charge >= 0.3 is 0 Å². The monoisotopic (exact) mass is 334 g/mol. The molecule has 23 heavy (non-hydrogen) atoms. The summed E-state index contributed by atoms with van der Waals surface area (Å²) in [6, 6.07) is 2.15. The highest BCUT2D eigenvalue weighted by Gasteiger charge is 2.09. The Labute approximate surface area is 142 Å². The van der Waals surface area contributed by atoms with Crippen LogP contribution in [-0.4, -0.2) is 39.2 Å². The number of guanidine groups is 1. The molecule has 0 spiro atoms. The second-order valence-electron chi connectivity index (χ2n) is 5.63. The van der Waals surface area contributed by atoms with Crippen LogP contribution in [0, 0.1) is 6.92 Å². The van der Waals surface area contributed by atoms with E-state index in [-0.39, 0.29) is 0 Å². The van der Waals surface area contributed by atoms with Crippen LogP contribution in [0.3, 0.4) is 0 Å². The SMILES string of the molecule is CCCCNC(=NCc1nnc(C)n1C)N(C)Cc1ccsc1. The zero-order valence-electron chi connectivity index (χ0n) is 14.4. The number of aryl methyl sites for hydroxylation is 1. The number of unbranched alkanes of at least 4 members (excludes halogenated alkanes) is 1. The highest BCUT2D eigenvalue weighted by molar-refractivity contribution is 7.07. The maximum atomic E-state index is 4.73. The average molecular weight is 334 g/mol. The first-order valence-corrected chi connectivity index (χ1v) is 8.91. The van der Waals surface area contributed by atoms with Crippen molar-refractivity contribution in [3.05, 3.63) is 34.0 Å². The summed E-state index contributed by atoms with van der Waals surface area (Å²) in [7, 11) is 4.04. The Bertz CT molecular complexity index is 617. The Morgan fingerprint density at radius 3 is 2.87 bits per heavy atom. The topological polar surface area (TPSA) is 58.3 Å². The van der Waals surface area contributed by atoms with Crippen molar-refractivity contribution in [1.29, 1.82) is 0 Å². The highest BCUT2D eigenvalue weighted by Crippen LogP contribution is 2.09. The van der Waals surface area contributed by atoms with Gasteiger partial charge in [-0.05, 0) is 35.7 Å². The molecule has 0 saturated heterocycles. The maximum absolute atomic E-state index is 4.73. The molecule has 0 fully saturated rings. The van der Waals surface area contributed by atoms with Crippen LogP contribution in [0.25, 0.3) is 0 Å². The molecule has 0 amide bonds. The van der Waals surface area contributed by atoms with Crippen molar-refractivity contribution in [2.45, 2.75) is 39.8 Å². The molecular weight excluding hydrogens is 308 g/mol. The molecule has 0 saturated carbocycles. The molecule has 0 unspecified atom stereocenters. The van der Waals surface area contributed by atoms with Crippen LogP contribution in [0.15, 0.2) is 21.8 Å². The fraction of sp³-hybridized carbons (Fsp3) is 0.562. The van der Waals surface area contributed by atoms with Crippen LogP contribution in [0.1, 0.15) is 37.0 Å². The number of hydrogen-bond donors (Lipinski definition) is 1. The van der Waals surface area contributed by atoms with Crippen LogP contribution < -0.4 is 5.32 Å². The van der Waals surface area contributed by atoms with Gasteiger partial charge in [-0.2, -0.15) is 11.3 Å². The predicted octanol–water partition coefficient (Wildman–Crippen LogP) is 2.56. The van der Waals surface area contributed by atoms with Crippen molar-refractivity contribution < 1.29 is 0 Å². The second-order valence-corrected chi connectivity index (χ2v) is 6.41. The van der Waals surface area contributed by atoms with Crippen molar-refractivity contribution in [1.82, 2.24) is 25.0 Å². The van der Waals surface area contributed by atoms with E-state index in [9.17, 15) is 0 Å². The Morgan fingerprint density at radius 2 is 2.26 bits per heavy atom. The van der Waals surface area contributed by atoms with Crippen molar-refractivity contribution in [3.63, 3.8) is 0 Å². The lowest BCUT2D eigenvalue weighted by molar-refractivity contribution is 0.473. The molecule has 0 aromatic carbocycles. The van der Waals surface area contributed by atoms with E-state index >= 15 is 0 Å². The first-order valence-electron chi connectivity index (χ1n) is 7.97. The van der Waals surface area contributed by atoms with Gasteiger partial charge < -0.3 is 14.8 Å². The van der Waals surface area contributed by atoms with E-state index in [4.69, 9.17) is 4.99 Å². The molecule has 0 aliphatic heterocycles. The minimum absolute atomic E-state index is 0.528. The summed E-state index contributed by atoms with van der Waals surface area (Å²) >= 11 is 1.72. The van der Waals surface area contributed by atoms with Gasteiger partial charge in [0, 0.05) is 27.2 Å². The zero-order valence-corrected chi connectivity index (χ0v) is 15.2. The number of nitrogens with zero attached hydrogens (tertiary/aromatic N) is 5. The molecule has 0 radical (unpaired) electrons. The van der Waals surface area contributed by atoms with E-state index in [2.05, 4.69) is 51.2 Å². The molecular formula is C16H26N6S. The summed E-state index contributed by atoms with van der Waals surface area (Å²) < 4.78 is 1.98. The van der Waals surface area contributed by atoms with Crippen LogP contribution in [0.5, 0.6) is 0 Å². The molecule has 0 bridgehead atoms. The van der Waals surface area contributed by atoms with Crippen molar-refractivity contribution in [3.8, 4) is 0 Å². The number of thiophene rings is 1. The molecule has 2 aromatic rings. The summed E-state index contributed by atoms with van der Waals surface area (Å²) in [6.45, 7) is 6.44. The number of aliphatic imine (C=N–C) groups is 1. The third-order valence-electron chi connectivity index (χ3n) is 3.73. The summed E-state index contributed by atoms with van der Waals surface area (Å²) in [5.41, 5.74) is 1.30. The van der Waals surface area contributed by atoms with E-state index in [0.29, 0.717) is 6.54 Å². The normalized spacial score (nSPS) is 11.7. The number of aromatic nitrogens is 3. The fourth-order valence-corrected chi connectivity index (χ4v) is 2.81. The second kappa shape index (κ2) is 8.67. The Hall–Kier alpha value is -1.89. The molecule has 7 heteroatoms. The van der Waals surface area contributed by atoms with E-state index in [1.807, 2.05) is 18.5 Å². The smallest absolute Gasteiger partial charge is 0.194 e. The first-order chi connectivity index (χ1) is 11.1. The molecule has 1 N–H and O–H groups in total. The van der Waals surface area contributed by atoms with E-state index in [1.54, 1.807) is 11.3 Å². The Kier molecular flexibility index (Phi) is 6.58. The van der Waals surface area contributed by atoms with E-state index < -0.39 is 0 Å². The van der Waals surface area contributed by atoms with Gasteiger partial charge in [-0.3, -0.25) is 0 Å². The van der Waals surface area contributed by atoms with Gasteiger partial charge in [0.15, 0.2) is 11.8 Å². The summed E-state index contributed by atoms with van der Waals surface area (Å²) in [5, 5.41) is 16.0. The molecule has 2 aromatic heterocycles. The molecule has 0 atom stereocenters. The quantitative estimate of drug-likeness (QED) is 0.480. The average Bonchev–Trinajstić information content (AvgIpc) is 3.15. The van der Waals surface area contributed by atoms with Crippen molar-refractivity contribution >= 4 is 17.3 Å². The minimum atomic E-state index is 0.528. The van der Waals surface area contributed by atoms with E-state index in [0.717, 1.165) is 43.5 Å². The van der Waals surface area contributed by atoms with Crippen LogP contribution in [0.4, 0.5) is 0 Å². The van der Waals surface area contributed by atoms with Crippen molar-refractivity contribution in [2.24, 2.45) is 12.0 Å². The Morgan fingerprint density at radius 1 is 1.43 bits per heavy atom. The summed E-state index contributed by atoms with van der Waals surface area (Å²) in [6.07, 6.45) is 2.30. The number of rotatable bonds is 7. The minimum Gasteiger partial charge on any atom is -0.356 e. The third-order valence-corrected chi connectivity index (χ3v) is 4.46. The largest absolute Gasteiger partial charge is 0.356 e. The van der Waals surface area contributed by atoms with E-state index in [1.165, 1.54) is 5.56 Å². The van der Waals surface area contributed by atoms with Gasteiger partial charge in [-0.25, -0.2) is 4.99 Å². The standard InChI is InChI=1S/C16H26N6S/c1-5-6-8-17-16(21(3)11-14-7-9-23-12-14)18-10-15-20-19-13(2)22(15)4/h7,9,12H,5-6,8,10-11H2,1-4H3,(H,17,18). The third kappa shape index (κ3) is 5.06. The van der Waals surface area contributed by atoms with Gasteiger partial charge in [0.05, 0.1) is 0 Å². The van der Waals surface area contributed by atoms with Gasteiger partial charge in [0.1, 0.15) is 12.4 Å². The lowest BCUT2D eigenvalue weighted by atomic mass is 10.3. The molecule has 0 aliphatic carbocycles. The number of hydrogen-bond acceptors (Lipinski definition) is 4. The van der Waals surface area contributed by atoms with Gasteiger partial charge in [-0.1, -0.05) is 13.3 Å². The van der Waals surface area contributed by atoms with Crippen LogP contribution >= 0.6 is 11.3 Å². The fourth-order valence-electron chi connectivity index (χ4n) is 2.15. The zero-order chi connectivity index (χ0) is 16.7. The van der Waals surface area contributed by atoms with Gasteiger partial charge in [-0.15, -0.1) is 10.2 Å². The molecule has 126 valence electrons. The predicted molar refractivity (Wildman–Crippen MR) is 95.6 cm³/mol. The Balaban J connectivity index is 2.05. The van der Waals surface area contributed by atoms with Crippen LogP contribution in [-0.2, 0) is 20.1 Å². The summed E-state index contributed by atoms with van der Waals surface area (Å²) in [4.78, 5) is 6.89. The molecule has 2 rings (SSSR count). The van der Waals surface area contributed by atoms with Gasteiger partial charge in [0.25, 0.3) is 0 Å². The highest BCUT2D eigenvalue weighted by atomic mass is 32.1. The van der Waals surface area contributed by atoms with Gasteiger partial charge in [0.2, 0.25) is 0 Å². The first kappa shape index (κ1) is 17.5. The van der Waals surface area contributed by atoms with Crippen molar-refractivity contribution in [2.75, 3.05) is 13.6 Å². The molecule has 6 nitrogen and oxygen atoms in total. The van der Waals surface area contributed by atoms with Crippen LogP contribution in [0.2, 0.25) is 0 Å². The lowest BCUT2D eigenvalue weighted by Gasteiger charge is -2.22. The lowest BCUT2D eigenvalue weighted by Crippen LogP contribution is -2.39. The molecule has 2 heterocycles.